The minimum absolute atomic E-state index is 0.115. The molecule has 4 heteroatoms. The fourth-order valence-electron chi connectivity index (χ4n) is 4.73. The van der Waals surface area contributed by atoms with Gasteiger partial charge in [0.1, 0.15) is 5.76 Å². The molecular formula is C19H27NO3. The average Bonchev–Trinajstić information content (AvgIpc) is 3.07. The van der Waals surface area contributed by atoms with E-state index in [1.54, 1.807) is 6.26 Å². The van der Waals surface area contributed by atoms with E-state index in [2.05, 4.69) is 0 Å². The molecule has 1 aliphatic heterocycles. The molecule has 23 heavy (non-hydrogen) atoms. The van der Waals surface area contributed by atoms with Crippen molar-refractivity contribution in [2.75, 3.05) is 6.54 Å². The number of nitrogens with zero attached hydrogens (tertiary/aromatic N) is 1. The van der Waals surface area contributed by atoms with Gasteiger partial charge in [-0.25, -0.2) is 0 Å². The quantitative estimate of drug-likeness (QED) is 0.925. The monoisotopic (exact) mass is 317 g/mol. The number of hydrogen-bond donors (Lipinski definition) is 1. The number of amides is 1. The summed E-state index contributed by atoms with van der Waals surface area (Å²) in [5.41, 5.74) is 0.122. The lowest BCUT2D eigenvalue weighted by Gasteiger charge is -2.43. The summed E-state index contributed by atoms with van der Waals surface area (Å²) in [7, 11) is 0. The molecular weight excluding hydrogens is 290 g/mol. The Morgan fingerprint density at radius 1 is 1.26 bits per heavy atom. The zero-order valence-corrected chi connectivity index (χ0v) is 14.0. The van der Waals surface area contributed by atoms with Crippen LogP contribution in [0.5, 0.6) is 0 Å². The molecule has 0 spiro atoms. The van der Waals surface area contributed by atoms with Crippen molar-refractivity contribution < 1.29 is 14.3 Å². The summed E-state index contributed by atoms with van der Waals surface area (Å²) >= 11 is 0. The Bertz CT molecular complexity index is 587. The third-order valence-electron chi connectivity index (χ3n) is 6.15. The van der Waals surface area contributed by atoms with Crippen LogP contribution in [0.25, 0.3) is 0 Å². The fraction of sp³-hybridized carbons (Fsp3) is 0.737. The van der Waals surface area contributed by atoms with E-state index in [0.717, 1.165) is 62.8 Å². The van der Waals surface area contributed by atoms with Gasteiger partial charge in [-0.1, -0.05) is 12.8 Å². The van der Waals surface area contributed by atoms with Crippen LogP contribution in [0, 0.1) is 5.92 Å². The summed E-state index contributed by atoms with van der Waals surface area (Å²) in [6.45, 7) is 2.77. The predicted molar refractivity (Wildman–Crippen MR) is 87.3 cm³/mol. The van der Waals surface area contributed by atoms with Crippen molar-refractivity contribution in [1.82, 2.24) is 4.90 Å². The van der Waals surface area contributed by atoms with Crippen LogP contribution >= 0.6 is 0 Å². The van der Waals surface area contributed by atoms with Gasteiger partial charge in [0.25, 0.3) is 5.91 Å². The molecule has 0 bridgehead atoms. The predicted octanol–water partition coefficient (Wildman–Crippen LogP) is 3.70. The molecule has 1 saturated heterocycles. The highest BCUT2D eigenvalue weighted by molar-refractivity contribution is 5.95. The van der Waals surface area contributed by atoms with E-state index in [1.807, 2.05) is 17.9 Å². The first-order valence-electron chi connectivity index (χ1n) is 9.18. The molecule has 2 saturated carbocycles. The number of furan rings is 1. The van der Waals surface area contributed by atoms with Crippen molar-refractivity contribution in [3.63, 3.8) is 0 Å². The standard InChI is InChI=1S/C19H27NO3/c1-19(22)10-3-2-5-15(19)16-6-4-11-20(16)18(21)14-9-12-23-17(14)13-7-8-13/h9,12-13,15-16,22H,2-8,10-11H2,1H3. The lowest BCUT2D eigenvalue weighted by atomic mass is 9.72. The number of carbonyl (C=O) groups is 1. The summed E-state index contributed by atoms with van der Waals surface area (Å²) in [6.07, 6.45) is 10.1. The summed E-state index contributed by atoms with van der Waals surface area (Å²) in [5, 5.41) is 10.8. The van der Waals surface area contributed by atoms with E-state index in [4.69, 9.17) is 4.42 Å². The van der Waals surface area contributed by atoms with E-state index >= 15 is 0 Å². The minimum atomic E-state index is -0.637. The first-order chi connectivity index (χ1) is 11.1. The Morgan fingerprint density at radius 3 is 2.83 bits per heavy atom. The first-order valence-corrected chi connectivity index (χ1v) is 9.18. The zero-order chi connectivity index (χ0) is 16.0. The van der Waals surface area contributed by atoms with Gasteiger partial charge in [0.15, 0.2) is 0 Å². The summed E-state index contributed by atoms with van der Waals surface area (Å²) in [5.74, 6) is 1.65. The maximum atomic E-state index is 13.1. The zero-order valence-electron chi connectivity index (χ0n) is 14.0. The molecule has 1 aromatic rings. The van der Waals surface area contributed by atoms with Crippen molar-refractivity contribution in [2.24, 2.45) is 5.92 Å². The van der Waals surface area contributed by atoms with Crippen LogP contribution in [0.2, 0.25) is 0 Å². The van der Waals surface area contributed by atoms with Crippen LogP contribution in [-0.2, 0) is 0 Å². The third kappa shape index (κ3) is 2.71. The second kappa shape index (κ2) is 5.66. The molecule has 1 N–H and O–H groups in total. The minimum Gasteiger partial charge on any atom is -0.468 e. The second-order valence-electron chi connectivity index (χ2n) is 7.89. The third-order valence-corrected chi connectivity index (χ3v) is 6.15. The highest BCUT2D eigenvalue weighted by Gasteiger charge is 2.45. The van der Waals surface area contributed by atoms with Gasteiger partial charge in [-0.05, 0) is 51.5 Å². The normalized spacial score (nSPS) is 34.8. The van der Waals surface area contributed by atoms with E-state index in [0.29, 0.717) is 5.92 Å². The highest BCUT2D eigenvalue weighted by atomic mass is 16.3. The van der Waals surface area contributed by atoms with Gasteiger partial charge in [0, 0.05) is 24.4 Å². The number of aliphatic hydroxyl groups is 1. The van der Waals surface area contributed by atoms with Gasteiger partial charge < -0.3 is 14.4 Å². The Labute approximate surface area is 137 Å². The van der Waals surface area contributed by atoms with Gasteiger partial charge >= 0.3 is 0 Å². The van der Waals surface area contributed by atoms with E-state index in [9.17, 15) is 9.90 Å². The van der Waals surface area contributed by atoms with Crippen LogP contribution in [0.4, 0.5) is 0 Å². The largest absolute Gasteiger partial charge is 0.468 e. The van der Waals surface area contributed by atoms with Crippen LogP contribution in [0.1, 0.15) is 80.3 Å². The van der Waals surface area contributed by atoms with Crippen LogP contribution in [-0.4, -0.2) is 34.1 Å². The number of hydrogen-bond acceptors (Lipinski definition) is 3. The van der Waals surface area contributed by atoms with Gasteiger partial charge in [-0.2, -0.15) is 0 Å². The first kappa shape index (κ1) is 15.3. The van der Waals surface area contributed by atoms with Gasteiger partial charge in [-0.3, -0.25) is 4.79 Å². The van der Waals surface area contributed by atoms with Gasteiger partial charge in [0.05, 0.1) is 17.4 Å². The summed E-state index contributed by atoms with van der Waals surface area (Å²) < 4.78 is 5.59. The van der Waals surface area contributed by atoms with Crippen molar-refractivity contribution in [3.05, 3.63) is 23.7 Å². The molecule has 3 fully saturated rings. The summed E-state index contributed by atoms with van der Waals surface area (Å²) in [4.78, 5) is 15.1. The average molecular weight is 317 g/mol. The maximum absolute atomic E-state index is 13.1. The molecule has 3 unspecified atom stereocenters. The van der Waals surface area contributed by atoms with E-state index < -0.39 is 5.60 Å². The SMILES string of the molecule is CC1(O)CCCCC1C1CCCN1C(=O)c1ccoc1C1CC1. The molecule has 3 aliphatic rings. The highest BCUT2D eigenvalue weighted by Crippen LogP contribution is 2.44. The van der Waals surface area contributed by atoms with Crippen molar-refractivity contribution in [1.29, 1.82) is 0 Å². The Hall–Kier alpha value is -1.29. The number of likely N-dealkylation sites (tertiary alicyclic amines) is 1. The Morgan fingerprint density at radius 2 is 2.09 bits per heavy atom. The number of rotatable bonds is 3. The molecule has 0 aromatic carbocycles. The Kier molecular flexibility index (Phi) is 3.75. The maximum Gasteiger partial charge on any atom is 0.257 e. The molecule has 4 rings (SSSR count). The van der Waals surface area contributed by atoms with Crippen molar-refractivity contribution in [3.8, 4) is 0 Å². The topological polar surface area (TPSA) is 53.7 Å². The van der Waals surface area contributed by atoms with E-state index in [1.165, 1.54) is 6.42 Å². The molecule has 2 heterocycles. The lowest BCUT2D eigenvalue weighted by molar-refractivity contribution is -0.0578. The molecule has 0 radical (unpaired) electrons. The van der Waals surface area contributed by atoms with E-state index in [-0.39, 0.29) is 17.9 Å². The molecule has 1 amide bonds. The fourth-order valence-corrected chi connectivity index (χ4v) is 4.73. The van der Waals surface area contributed by atoms with Crippen molar-refractivity contribution in [2.45, 2.75) is 75.9 Å². The molecule has 1 aromatic heterocycles. The van der Waals surface area contributed by atoms with Gasteiger partial charge in [0.2, 0.25) is 0 Å². The van der Waals surface area contributed by atoms with Gasteiger partial charge in [-0.15, -0.1) is 0 Å². The molecule has 2 aliphatic carbocycles. The Balaban J connectivity index is 1.57. The molecule has 3 atom stereocenters. The van der Waals surface area contributed by atoms with Crippen LogP contribution in [0.15, 0.2) is 16.7 Å². The van der Waals surface area contributed by atoms with Crippen LogP contribution < -0.4 is 0 Å². The summed E-state index contributed by atoms with van der Waals surface area (Å²) in [6, 6.07) is 2.02. The van der Waals surface area contributed by atoms with Crippen molar-refractivity contribution >= 4 is 5.91 Å². The van der Waals surface area contributed by atoms with Crippen LogP contribution in [0.3, 0.4) is 0 Å². The lowest BCUT2D eigenvalue weighted by Crippen LogP contribution is -2.50. The molecule has 4 nitrogen and oxygen atoms in total. The smallest absolute Gasteiger partial charge is 0.257 e. The number of carbonyl (C=O) groups excluding carboxylic acids is 1. The molecule has 126 valence electrons. The second-order valence-corrected chi connectivity index (χ2v) is 7.89.